The average Bonchev–Trinajstić information content (AvgIpc) is 2.41. The summed E-state index contributed by atoms with van der Waals surface area (Å²) in [5.41, 5.74) is 7.50. The quantitative estimate of drug-likeness (QED) is 0.851. The van der Waals surface area contributed by atoms with Crippen LogP contribution >= 0.6 is 11.8 Å². The number of rotatable bonds is 3. The Kier molecular flexibility index (Phi) is 4.71. The zero-order valence-electron chi connectivity index (χ0n) is 11.6. The second-order valence-electron chi connectivity index (χ2n) is 5.37. The Hall–Kier alpha value is -0.510. The van der Waals surface area contributed by atoms with Crippen LogP contribution in [0.5, 0.6) is 0 Å². The summed E-state index contributed by atoms with van der Waals surface area (Å²) in [5.74, 6) is 0.603. The highest BCUT2D eigenvalue weighted by Gasteiger charge is 2.26. The summed E-state index contributed by atoms with van der Waals surface area (Å²) in [5, 5.41) is 0. The van der Waals surface area contributed by atoms with Crippen LogP contribution in [0.15, 0.2) is 29.2 Å². The van der Waals surface area contributed by atoms with E-state index in [1.54, 1.807) is 11.8 Å². The summed E-state index contributed by atoms with van der Waals surface area (Å²) in [7, 11) is 0. The average molecular weight is 264 g/mol. The highest BCUT2D eigenvalue weighted by atomic mass is 32.2. The number of nitrogens with two attached hydrogens (primary N) is 1. The first kappa shape index (κ1) is 13.9. The Morgan fingerprint density at radius 3 is 2.56 bits per heavy atom. The lowest BCUT2D eigenvalue weighted by Gasteiger charge is -2.38. The summed E-state index contributed by atoms with van der Waals surface area (Å²) >= 11 is 1.80. The Bertz CT molecular complexity index is 377. The minimum Gasteiger partial charge on any atom is -0.327 e. The first-order valence-electron chi connectivity index (χ1n) is 6.75. The Balaban J connectivity index is 2.03. The lowest BCUT2D eigenvalue weighted by atomic mass is 9.92. The smallest absolute Gasteiger partial charge is 0.0320 e. The number of benzene rings is 1. The number of hydrogen-bond acceptors (Lipinski definition) is 3. The van der Waals surface area contributed by atoms with Gasteiger partial charge in [-0.2, -0.15) is 0 Å². The third kappa shape index (κ3) is 3.08. The molecule has 1 aromatic carbocycles. The fourth-order valence-corrected chi connectivity index (χ4v) is 3.05. The number of nitrogens with zero attached hydrogens (tertiary/aromatic N) is 1. The molecule has 3 unspecified atom stereocenters. The molecule has 0 aliphatic carbocycles. The molecule has 1 saturated heterocycles. The van der Waals surface area contributed by atoms with Gasteiger partial charge in [0.15, 0.2) is 0 Å². The van der Waals surface area contributed by atoms with E-state index < -0.39 is 0 Å². The molecule has 0 spiro atoms. The molecule has 2 N–H and O–H groups in total. The van der Waals surface area contributed by atoms with Gasteiger partial charge in [0.05, 0.1) is 0 Å². The second-order valence-corrected chi connectivity index (χ2v) is 6.25. The number of thioether (sulfide) groups is 1. The van der Waals surface area contributed by atoms with E-state index in [1.165, 1.54) is 10.5 Å². The molecule has 3 atom stereocenters. The van der Waals surface area contributed by atoms with Crippen LogP contribution in [0.1, 0.15) is 31.9 Å². The highest BCUT2D eigenvalue weighted by molar-refractivity contribution is 7.98. The minimum atomic E-state index is 0.382. The molecule has 0 radical (unpaired) electrons. The van der Waals surface area contributed by atoms with Crippen LogP contribution in [0, 0.1) is 5.92 Å². The maximum absolute atomic E-state index is 6.09. The first-order chi connectivity index (χ1) is 8.61. The molecular formula is C15H24N2S. The lowest BCUT2D eigenvalue weighted by Crippen LogP contribution is -2.46. The van der Waals surface area contributed by atoms with Gasteiger partial charge in [0.1, 0.15) is 0 Å². The van der Waals surface area contributed by atoms with Crippen molar-refractivity contribution in [2.75, 3.05) is 19.3 Å². The zero-order valence-corrected chi connectivity index (χ0v) is 12.4. The fraction of sp³-hybridized carbons (Fsp3) is 0.600. The van der Waals surface area contributed by atoms with Crippen molar-refractivity contribution in [3.63, 3.8) is 0 Å². The molecule has 0 saturated carbocycles. The first-order valence-corrected chi connectivity index (χ1v) is 7.98. The maximum atomic E-state index is 6.09. The van der Waals surface area contributed by atoms with Crippen molar-refractivity contribution in [1.29, 1.82) is 0 Å². The molecule has 1 fully saturated rings. The Morgan fingerprint density at radius 1 is 1.33 bits per heavy atom. The summed E-state index contributed by atoms with van der Waals surface area (Å²) in [4.78, 5) is 3.89. The molecule has 2 nitrogen and oxygen atoms in total. The normalized spacial score (nSPS) is 27.1. The SMILES string of the molecule is CSc1ccc(C(C)N2CCC(N)C(C)C2)cc1. The van der Waals surface area contributed by atoms with Gasteiger partial charge in [-0.25, -0.2) is 0 Å². The van der Waals surface area contributed by atoms with Crippen molar-refractivity contribution in [3.8, 4) is 0 Å². The number of piperidine rings is 1. The summed E-state index contributed by atoms with van der Waals surface area (Å²) in [6, 6.07) is 9.83. The topological polar surface area (TPSA) is 29.3 Å². The third-order valence-corrected chi connectivity index (χ3v) is 4.89. The van der Waals surface area contributed by atoms with Gasteiger partial charge < -0.3 is 5.73 Å². The van der Waals surface area contributed by atoms with E-state index in [-0.39, 0.29) is 0 Å². The van der Waals surface area contributed by atoms with Gasteiger partial charge in [-0.1, -0.05) is 19.1 Å². The molecule has 1 aliphatic rings. The van der Waals surface area contributed by atoms with Crippen LogP contribution in [-0.4, -0.2) is 30.3 Å². The second kappa shape index (κ2) is 6.09. The van der Waals surface area contributed by atoms with Gasteiger partial charge in [-0.3, -0.25) is 4.90 Å². The minimum absolute atomic E-state index is 0.382. The van der Waals surface area contributed by atoms with Crippen LogP contribution in [0.25, 0.3) is 0 Å². The number of likely N-dealkylation sites (tertiary alicyclic amines) is 1. The Labute approximate surface area is 115 Å². The highest BCUT2D eigenvalue weighted by Crippen LogP contribution is 2.27. The van der Waals surface area contributed by atoms with Gasteiger partial charge in [0, 0.05) is 30.1 Å². The van der Waals surface area contributed by atoms with E-state index in [9.17, 15) is 0 Å². The van der Waals surface area contributed by atoms with Crippen molar-refractivity contribution >= 4 is 11.8 Å². The van der Waals surface area contributed by atoms with Crippen molar-refractivity contribution in [2.24, 2.45) is 11.7 Å². The van der Waals surface area contributed by atoms with Crippen molar-refractivity contribution in [1.82, 2.24) is 4.90 Å². The predicted octanol–water partition coefficient (Wildman–Crippen LogP) is 3.14. The molecule has 18 heavy (non-hydrogen) atoms. The molecule has 0 amide bonds. The molecular weight excluding hydrogens is 240 g/mol. The van der Waals surface area contributed by atoms with Crippen molar-refractivity contribution < 1.29 is 0 Å². The molecule has 1 aromatic rings. The summed E-state index contributed by atoms with van der Waals surface area (Å²) in [6.45, 7) is 6.81. The van der Waals surface area contributed by atoms with Gasteiger partial charge in [0.2, 0.25) is 0 Å². The van der Waals surface area contributed by atoms with Crippen LogP contribution in [0.3, 0.4) is 0 Å². The van der Waals surface area contributed by atoms with Crippen LogP contribution in [-0.2, 0) is 0 Å². The summed E-state index contributed by atoms with van der Waals surface area (Å²) < 4.78 is 0. The monoisotopic (exact) mass is 264 g/mol. The third-order valence-electron chi connectivity index (χ3n) is 4.15. The van der Waals surface area contributed by atoms with Gasteiger partial charge >= 0.3 is 0 Å². The predicted molar refractivity (Wildman–Crippen MR) is 80.0 cm³/mol. The number of hydrogen-bond donors (Lipinski definition) is 1. The molecule has 0 aromatic heterocycles. The van der Waals surface area contributed by atoms with E-state index in [1.807, 2.05) is 0 Å². The van der Waals surface area contributed by atoms with Crippen LogP contribution < -0.4 is 5.73 Å². The molecule has 100 valence electrons. The fourth-order valence-electron chi connectivity index (χ4n) is 2.64. The van der Waals surface area contributed by atoms with E-state index in [0.717, 1.165) is 19.5 Å². The standard InChI is InChI=1S/C15H24N2S/c1-11-10-17(9-8-15(11)16)12(2)13-4-6-14(18-3)7-5-13/h4-7,11-12,15H,8-10,16H2,1-3H3. The van der Waals surface area contributed by atoms with Crippen LogP contribution in [0.2, 0.25) is 0 Å². The molecule has 3 heteroatoms. The van der Waals surface area contributed by atoms with Gasteiger partial charge in [0.25, 0.3) is 0 Å². The lowest BCUT2D eigenvalue weighted by molar-refractivity contribution is 0.124. The van der Waals surface area contributed by atoms with Crippen molar-refractivity contribution in [2.45, 2.75) is 37.2 Å². The maximum Gasteiger partial charge on any atom is 0.0320 e. The molecule has 0 bridgehead atoms. The largest absolute Gasteiger partial charge is 0.327 e. The summed E-state index contributed by atoms with van der Waals surface area (Å²) in [6.07, 6.45) is 3.24. The van der Waals surface area contributed by atoms with Crippen molar-refractivity contribution in [3.05, 3.63) is 29.8 Å². The van der Waals surface area contributed by atoms with E-state index in [4.69, 9.17) is 5.73 Å². The van der Waals surface area contributed by atoms with E-state index in [2.05, 4.69) is 49.3 Å². The van der Waals surface area contributed by atoms with Gasteiger partial charge in [-0.05, 0) is 43.2 Å². The molecule has 1 aliphatic heterocycles. The van der Waals surface area contributed by atoms with Gasteiger partial charge in [-0.15, -0.1) is 11.8 Å². The van der Waals surface area contributed by atoms with E-state index in [0.29, 0.717) is 18.0 Å². The Morgan fingerprint density at radius 2 is 2.00 bits per heavy atom. The molecule has 1 heterocycles. The van der Waals surface area contributed by atoms with Crippen LogP contribution in [0.4, 0.5) is 0 Å². The zero-order chi connectivity index (χ0) is 13.1. The molecule has 2 rings (SSSR count). The van der Waals surface area contributed by atoms with E-state index >= 15 is 0 Å².